The fourth-order valence-corrected chi connectivity index (χ4v) is 5.35. The van der Waals surface area contributed by atoms with Gasteiger partial charge in [0.2, 0.25) is 0 Å². The van der Waals surface area contributed by atoms with Crippen molar-refractivity contribution in [3.63, 3.8) is 0 Å². The summed E-state index contributed by atoms with van der Waals surface area (Å²) in [6.07, 6.45) is -0.848. The van der Waals surface area contributed by atoms with Crippen LogP contribution in [0.1, 0.15) is 40.5 Å². The molecule has 3 saturated carbocycles. The third kappa shape index (κ3) is 1.20. The Labute approximate surface area is 113 Å². The van der Waals surface area contributed by atoms with E-state index < -0.39 is 29.1 Å². The molecule has 3 N–H and O–H groups in total. The van der Waals surface area contributed by atoms with Crippen LogP contribution in [0.4, 0.5) is 0 Å². The van der Waals surface area contributed by atoms with E-state index in [0.29, 0.717) is 0 Å². The number of aliphatic hydroxyl groups is 3. The average molecular weight is 268 g/mol. The van der Waals surface area contributed by atoms with Gasteiger partial charge in [0.1, 0.15) is 11.4 Å². The molecular weight excluding hydrogens is 244 g/mol. The molecule has 0 aromatic rings. The van der Waals surface area contributed by atoms with Gasteiger partial charge in [0.25, 0.3) is 0 Å². The number of hydrogen-bond donors (Lipinski definition) is 3. The third-order valence-corrected chi connectivity index (χ3v) is 6.69. The average Bonchev–Trinajstić information content (AvgIpc) is 2.45. The second-order valence-corrected chi connectivity index (χ2v) is 7.78. The van der Waals surface area contributed by atoms with Gasteiger partial charge in [0, 0.05) is 12.3 Å². The highest BCUT2D eigenvalue weighted by Crippen LogP contribution is 2.71. The van der Waals surface area contributed by atoms with Crippen LogP contribution < -0.4 is 0 Å². The van der Waals surface area contributed by atoms with E-state index in [2.05, 4.69) is 13.8 Å². The molecule has 0 spiro atoms. The van der Waals surface area contributed by atoms with E-state index in [1.54, 1.807) is 13.8 Å². The first-order chi connectivity index (χ1) is 8.58. The Kier molecular flexibility index (Phi) is 2.43. The number of carbonyl (C=O) groups excluding carboxylic acids is 1. The molecule has 0 saturated heterocycles. The molecule has 3 aliphatic rings. The highest BCUT2D eigenvalue weighted by molar-refractivity contribution is 5.89. The van der Waals surface area contributed by atoms with Gasteiger partial charge in [-0.05, 0) is 30.6 Å². The Morgan fingerprint density at radius 3 is 2.32 bits per heavy atom. The van der Waals surface area contributed by atoms with Gasteiger partial charge in [-0.1, -0.05) is 20.8 Å². The van der Waals surface area contributed by atoms with E-state index in [1.165, 1.54) is 0 Å². The van der Waals surface area contributed by atoms with Crippen LogP contribution in [-0.4, -0.2) is 38.9 Å². The van der Waals surface area contributed by atoms with Crippen LogP contribution in [0.15, 0.2) is 0 Å². The van der Waals surface area contributed by atoms with Crippen LogP contribution in [0.3, 0.4) is 0 Å². The highest BCUT2D eigenvalue weighted by Gasteiger charge is 2.78. The third-order valence-electron chi connectivity index (χ3n) is 6.69. The monoisotopic (exact) mass is 268 g/mol. The molecule has 7 atom stereocenters. The van der Waals surface area contributed by atoms with Crippen LogP contribution in [0.25, 0.3) is 0 Å². The first-order valence-corrected chi connectivity index (χ1v) is 7.20. The standard InChI is InChI=1S/C15H24O4/c1-7-9(16)5-10(17)14(4)8-6-13(2,3)11(8)12(18)15(7,14)19/h7-9,11-12,16,18-19H,5-6H2,1-4H3. The van der Waals surface area contributed by atoms with Crippen LogP contribution >= 0.6 is 0 Å². The smallest absolute Gasteiger partial charge is 0.144 e. The van der Waals surface area contributed by atoms with E-state index in [9.17, 15) is 20.1 Å². The molecule has 0 heterocycles. The quantitative estimate of drug-likeness (QED) is 0.605. The van der Waals surface area contributed by atoms with Gasteiger partial charge in [-0.2, -0.15) is 0 Å². The molecule has 3 fully saturated rings. The normalized spacial score (nSPS) is 59.3. The zero-order valence-electron chi connectivity index (χ0n) is 12.1. The number of carbonyl (C=O) groups is 1. The van der Waals surface area contributed by atoms with Gasteiger partial charge in [-0.25, -0.2) is 0 Å². The lowest BCUT2D eigenvalue weighted by atomic mass is 9.49. The minimum absolute atomic E-state index is 0.0324. The topological polar surface area (TPSA) is 77.8 Å². The molecule has 0 radical (unpaired) electrons. The largest absolute Gasteiger partial charge is 0.392 e. The van der Waals surface area contributed by atoms with E-state index in [-0.39, 0.29) is 29.5 Å². The van der Waals surface area contributed by atoms with Gasteiger partial charge in [0.15, 0.2) is 0 Å². The molecule has 3 aliphatic carbocycles. The fourth-order valence-electron chi connectivity index (χ4n) is 5.35. The summed E-state index contributed by atoms with van der Waals surface area (Å²) in [4.78, 5) is 12.5. The summed E-state index contributed by atoms with van der Waals surface area (Å²) >= 11 is 0. The van der Waals surface area contributed by atoms with E-state index in [0.717, 1.165) is 6.42 Å². The van der Waals surface area contributed by atoms with Crippen LogP contribution in [-0.2, 0) is 4.79 Å². The molecule has 0 aliphatic heterocycles. The molecule has 0 amide bonds. The maximum atomic E-state index is 12.5. The minimum Gasteiger partial charge on any atom is -0.392 e. The van der Waals surface area contributed by atoms with Crippen molar-refractivity contribution in [2.75, 3.05) is 0 Å². The molecule has 4 nitrogen and oxygen atoms in total. The van der Waals surface area contributed by atoms with Crippen molar-refractivity contribution < 1.29 is 20.1 Å². The van der Waals surface area contributed by atoms with Crippen LogP contribution in [0.2, 0.25) is 0 Å². The lowest BCUT2D eigenvalue weighted by Crippen LogP contribution is -2.65. The number of aliphatic hydroxyl groups excluding tert-OH is 2. The number of hydrogen-bond acceptors (Lipinski definition) is 4. The number of Topliss-reactive ketones (excluding diaryl/α,β-unsaturated/α-hetero) is 1. The van der Waals surface area contributed by atoms with Crippen molar-refractivity contribution in [3.8, 4) is 0 Å². The van der Waals surface area contributed by atoms with Crippen LogP contribution in [0, 0.1) is 28.6 Å². The molecule has 7 unspecified atom stereocenters. The second kappa shape index (κ2) is 3.41. The molecule has 0 bridgehead atoms. The fraction of sp³-hybridized carbons (Fsp3) is 0.933. The number of fused-ring (bicyclic) bond motifs is 3. The van der Waals surface area contributed by atoms with Crippen LogP contribution in [0.5, 0.6) is 0 Å². The molecule has 19 heavy (non-hydrogen) atoms. The molecule has 0 aromatic carbocycles. The van der Waals surface area contributed by atoms with E-state index in [4.69, 9.17) is 0 Å². The summed E-state index contributed by atoms with van der Waals surface area (Å²) in [5.41, 5.74) is -2.46. The SMILES string of the molecule is CC1C(O)CC(=O)C2(C)C3CC(C)(C)C3C(O)C12O. The second-order valence-electron chi connectivity index (χ2n) is 7.78. The van der Waals surface area contributed by atoms with E-state index >= 15 is 0 Å². The lowest BCUT2D eigenvalue weighted by Gasteiger charge is -2.54. The van der Waals surface area contributed by atoms with Crippen molar-refractivity contribution in [2.45, 2.75) is 58.3 Å². The Morgan fingerprint density at radius 1 is 1.21 bits per heavy atom. The van der Waals surface area contributed by atoms with Gasteiger partial charge in [-0.3, -0.25) is 4.79 Å². The maximum Gasteiger partial charge on any atom is 0.144 e. The molecular formula is C15H24O4. The summed E-state index contributed by atoms with van der Waals surface area (Å²) in [7, 11) is 0. The summed E-state index contributed by atoms with van der Waals surface area (Å²) < 4.78 is 0. The summed E-state index contributed by atoms with van der Waals surface area (Å²) in [6.45, 7) is 7.69. The predicted octanol–water partition coefficient (Wildman–Crippen LogP) is 0.730. The minimum atomic E-state index is -1.50. The Bertz CT molecular complexity index is 445. The Morgan fingerprint density at radius 2 is 1.79 bits per heavy atom. The summed E-state index contributed by atoms with van der Waals surface area (Å²) in [5, 5.41) is 31.8. The molecule has 108 valence electrons. The molecule has 0 aromatic heterocycles. The first-order valence-electron chi connectivity index (χ1n) is 7.20. The van der Waals surface area contributed by atoms with Crippen molar-refractivity contribution >= 4 is 5.78 Å². The van der Waals surface area contributed by atoms with Gasteiger partial charge < -0.3 is 15.3 Å². The zero-order chi connectivity index (χ0) is 14.4. The Balaban J connectivity index is 2.14. The van der Waals surface area contributed by atoms with Crippen molar-refractivity contribution in [1.82, 2.24) is 0 Å². The van der Waals surface area contributed by atoms with Gasteiger partial charge in [0.05, 0.1) is 17.6 Å². The first kappa shape index (κ1) is 13.5. The zero-order valence-corrected chi connectivity index (χ0v) is 12.1. The molecule has 3 rings (SSSR count). The maximum absolute atomic E-state index is 12.5. The molecule has 4 heteroatoms. The van der Waals surface area contributed by atoms with E-state index in [1.807, 2.05) is 0 Å². The predicted molar refractivity (Wildman–Crippen MR) is 69.2 cm³/mol. The van der Waals surface area contributed by atoms with Gasteiger partial charge >= 0.3 is 0 Å². The Hall–Kier alpha value is -0.450. The highest BCUT2D eigenvalue weighted by atomic mass is 16.4. The van der Waals surface area contributed by atoms with Crippen molar-refractivity contribution in [2.24, 2.45) is 28.6 Å². The summed E-state index contributed by atoms with van der Waals surface area (Å²) in [6, 6.07) is 0. The van der Waals surface area contributed by atoms with Crippen molar-refractivity contribution in [1.29, 1.82) is 0 Å². The van der Waals surface area contributed by atoms with Crippen molar-refractivity contribution in [3.05, 3.63) is 0 Å². The van der Waals surface area contributed by atoms with Gasteiger partial charge in [-0.15, -0.1) is 0 Å². The summed E-state index contributed by atoms with van der Waals surface area (Å²) in [5.74, 6) is -0.599. The number of ketones is 1. The lowest BCUT2D eigenvalue weighted by molar-refractivity contribution is -0.203. The number of rotatable bonds is 0.